The standard InChI is InChI=1S/C29H27NO7/c1-33-20-8-10-21(11-9-20)36-17-24-22-16-27(35-3)26(34-2)15-18(22)12-13-30(24)28(31)23-14-19-6-4-5-7-25(19)37-29(23)32/h4-11,14-16,24H,12-13,17H2,1-3H3/t24-/m1/s1. The molecule has 190 valence electrons. The molecule has 5 rings (SSSR count). The Morgan fingerprint density at radius 2 is 1.62 bits per heavy atom. The van der Waals surface area contributed by atoms with E-state index >= 15 is 0 Å². The topological polar surface area (TPSA) is 87.4 Å². The number of ether oxygens (including phenoxy) is 4. The van der Waals surface area contributed by atoms with E-state index in [9.17, 15) is 9.59 Å². The van der Waals surface area contributed by atoms with Crippen molar-refractivity contribution in [3.8, 4) is 23.0 Å². The zero-order valence-corrected chi connectivity index (χ0v) is 20.9. The molecule has 1 atom stereocenters. The molecule has 1 aromatic heterocycles. The first-order chi connectivity index (χ1) is 18.0. The lowest BCUT2D eigenvalue weighted by Crippen LogP contribution is -2.44. The number of nitrogens with zero attached hydrogens (tertiary/aromatic N) is 1. The lowest BCUT2D eigenvalue weighted by Gasteiger charge is -2.37. The highest BCUT2D eigenvalue weighted by Crippen LogP contribution is 2.39. The van der Waals surface area contributed by atoms with Crippen LogP contribution in [-0.4, -0.2) is 45.3 Å². The van der Waals surface area contributed by atoms with E-state index in [4.69, 9.17) is 23.4 Å². The van der Waals surface area contributed by atoms with Crippen LogP contribution >= 0.6 is 0 Å². The van der Waals surface area contributed by atoms with Gasteiger partial charge in [-0.05, 0) is 66.1 Å². The largest absolute Gasteiger partial charge is 0.497 e. The molecular formula is C29H27NO7. The molecule has 8 heteroatoms. The van der Waals surface area contributed by atoms with E-state index in [1.807, 2.05) is 24.3 Å². The summed E-state index contributed by atoms with van der Waals surface area (Å²) in [4.78, 5) is 28.3. The first-order valence-electron chi connectivity index (χ1n) is 11.9. The molecule has 0 N–H and O–H groups in total. The smallest absolute Gasteiger partial charge is 0.349 e. The molecule has 0 saturated carbocycles. The van der Waals surface area contributed by atoms with E-state index in [-0.39, 0.29) is 12.2 Å². The molecule has 37 heavy (non-hydrogen) atoms. The van der Waals surface area contributed by atoms with Gasteiger partial charge in [-0.3, -0.25) is 4.79 Å². The van der Waals surface area contributed by atoms with Crippen molar-refractivity contribution in [2.45, 2.75) is 12.5 Å². The maximum absolute atomic E-state index is 13.8. The van der Waals surface area contributed by atoms with Crippen LogP contribution in [0.4, 0.5) is 0 Å². The highest BCUT2D eigenvalue weighted by Gasteiger charge is 2.34. The number of amides is 1. The van der Waals surface area contributed by atoms with Gasteiger partial charge in [0, 0.05) is 11.9 Å². The summed E-state index contributed by atoms with van der Waals surface area (Å²) in [5.74, 6) is 2.10. The monoisotopic (exact) mass is 501 g/mol. The van der Waals surface area contributed by atoms with Crippen LogP contribution in [0.2, 0.25) is 0 Å². The van der Waals surface area contributed by atoms with E-state index in [1.54, 1.807) is 68.7 Å². The maximum atomic E-state index is 13.8. The van der Waals surface area contributed by atoms with E-state index < -0.39 is 17.6 Å². The second kappa shape index (κ2) is 10.3. The molecule has 8 nitrogen and oxygen atoms in total. The number of carbonyl (C=O) groups is 1. The summed E-state index contributed by atoms with van der Waals surface area (Å²) < 4.78 is 27.8. The number of carbonyl (C=O) groups excluding carboxylic acids is 1. The summed E-state index contributed by atoms with van der Waals surface area (Å²) >= 11 is 0. The Bertz CT molecular complexity index is 1490. The Morgan fingerprint density at radius 1 is 0.919 bits per heavy atom. The lowest BCUT2D eigenvalue weighted by atomic mass is 9.91. The molecule has 1 amide bonds. The number of methoxy groups -OCH3 is 3. The summed E-state index contributed by atoms with van der Waals surface area (Å²) in [5.41, 5.74) is 1.64. The normalized spacial score (nSPS) is 14.7. The zero-order chi connectivity index (χ0) is 25.9. The highest BCUT2D eigenvalue weighted by atomic mass is 16.5. The van der Waals surface area contributed by atoms with E-state index in [1.165, 1.54) is 0 Å². The second-order valence-corrected chi connectivity index (χ2v) is 8.64. The molecule has 1 aliphatic rings. The van der Waals surface area contributed by atoms with Gasteiger partial charge < -0.3 is 28.3 Å². The third-order valence-corrected chi connectivity index (χ3v) is 6.60. The van der Waals surface area contributed by atoms with Gasteiger partial charge in [-0.25, -0.2) is 4.79 Å². The predicted octanol–water partition coefficient (Wildman–Crippen LogP) is 4.64. The number of benzene rings is 3. The minimum atomic E-state index is -0.670. The van der Waals surface area contributed by atoms with Gasteiger partial charge in [-0.2, -0.15) is 0 Å². The van der Waals surface area contributed by atoms with Gasteiger partial charge in [0.25, 0.3) is 5.91 Å². The van der Waals surface area contributed by atoms with Crippen LogP contribution in [0.3, 0.4) is 0 Å². The second-order valence-electron chi connectivity index (χ2n) is 8.64. The molecule has 0 aliphatic carbocycles. The van der Waals surface area contributed by atoms with E-state index in [2.05, 4.69) is 0 Å². The summed E-state index contributed by atoms with van der Waals surface area (Å²) in [6.07, 6.45) is 0.583. The van der Waals surface area contributed by atoms with Crippen LogP contribution in [0.25, 0.3) is 11.0 Å². The lowest BCUT2D eigenvalue weighted by molar-refractivity contribution is 0.0585. The summed E-state index contributed by atoms with van der Waals surface area (Å²) in [6, 6.07) is 19.3. The van der Waals surface area contributed by atoms with Crippen molar-refractivity contribution in [2.75, 3.05) is 34.5 Å². The third-order valence-electron chi connectivity index (χ3n) is 6.60. The Balaban J connectivity index is 1.53. The minimum Gasteiger partial charge on any atom is -0.497 e. The van der Waals surface area contributed by atoms with Crippen molar-refractivity contribution in [1.82, 2.24) is 4.90 Å². The van der Waals surface area contributed by atoms with Crippen molar-refractivity contribution < 1.29 is 28.2 Å². The summed E-state index contributed by atoms with van der Waals surface area (Å²) in [6.45, 7) is 0.559. The fourth-order valence-electron chi connectivity index (χ4n) is 4.66. The van der Waals surface area contributed by atoms with Gasteiger partial charge in [0.2, 0.25) is 0 Å². The van der Waals surface area contributed by atoms with Crippen LogP contribution in [0.5, 0.6) is 23.0 Å². The zero-order valence-electron chi connectivity index (χ0n) is 20.9. The van der Waals surface area contributed by atoms with Gasteiger partial charge in [0.15, 0.2) is 11.5 Å². The van der Waals surface area contributed by atoms with Crippen LogP contribution in [0.1, 0.15) is 27.5 Å². The predicted molar refractivity (Wildman–Crippen MR) is 138 cm³/mol. The van der Waals surface area contributed by atoms with Gasteiger partial charge in [-0.1, -0.05) is 18.2 Å². The quantitative estimate of drug-likeness (QED) is 0.341. The number of hydrogen-bond acceptors (Lipinski definition) is 7. The minimum absolute atomic E-state index is 0.0166. The molecule has 0 unspecified atom stereocenters. The Kier molecular flexibility index (Phi) is 6.72. The molecule has 3 aromatic carbocycles. The van der Waals surface area contributed by atoms with Crippen LogP contribution in [0.15, 0.2) is 75.9 Å². The van der Waals surface area contributed by atoms with Crippen molar-refractivity contribution in [2.24, 2.45) is 0 Å². The van der Waals surface area contributed by atoms with Gasteiger partial charge >= 0.3 is 5.63 Å². The molecule has 0 spiro atoms. The van der Waals surface area contributed by atoms with Crippen molar-refractivity contribution >= 4 is 16.9 Å². The van der Waals surface area contributed by atoms with Crippen molar-refractivity contribution in [3.05, 3.63) is 93.8 Å². The highest BCUT2D eigenvalue weighted by molar-refractivity contribution is 5.97. The summed E-state index contributed by atoms with van der Waals surface area (Å²) in [5, 5.41) is 0.681. The van der Waals surface area contributed by atoms with Crippen LogP contribution in [0, 0.1) is 0 Å². The maximum Gasteiger partial charge on any atom is 0.349 e. The molecule has 0 radical (unpaired) electrons. The number of rotatable bonds is 7. The fraction of sp³-hybridized carbons (Fsp3) is 0.241. The molecule has 4 aromatic rings. The molecular weight excluding hydrogens is 474 g/mol. The fourth-order valence-corrected chi connectivity index (χ4v) is 4.66. The Morgan fingerprint density at radius 3 is 2.35 bits per heavy atom. The number of fused-ring (bicyclic) bond motifs is 2. The number of para-hydroxylation sites is 1. The van der Waals surface area contributed by atoms with Gasteiger partial charge in [0.05, 0.1) is 27.4 Å². The molecule has 1 aliphatic heterocycles. The summed E-state index contributed by atoms with van der Waals surface area (Å²) in [7, 11) is 4.76. The molecule has 2 heterocycles. The van der Waals surface area contributed by atoms with E-state index in [0.717, 1.165) is 11.1 Å². The first kappa shape index (κ1) is 24.2. The third kappa shape index (κ3) is 4.70. The van der Waals surface area contributed by atoms with Gasteiger partial charge in [-0.15, -0.1) is 0 Å². The van der Waals surface area contributed by atoms with Crippen LogP contribution < -0.4 is 24.6 Å². The average Bonchev–Trinajstić information content (AvgIpc) is 2.94. The Labute approximate surface area is 213 Å². The first-order valence-corrected chi connectivity index (χ1v) is 11.9. The number of hydrogen-bond donors (Lipinski definition) is 0. The van der Waals surface area contributed by atoms with Crippen LogP contribution in [-0.2, 0) is 6.42 Å². The van der Waals surface area contributed by atoms with Crippen molar-refractivity contribution in [3.63, 3.8) is 0 Å². The van der Waals surface area contributed by atoms with Gasteiger partial charge in [0.1, 0.15) is 29.3 Å². The molecule has 0 fully saturated rings. The van der Waals surface area contributed by atoms with Crippen molar-refractivity contribution in [1.29, 1.82) is 0 Å². The molecule has 0 bridgehead atoms. The Hall–Kier alpha value is -4.46. The average molecular weight is 502 g/mol. The molecule has 0 saturated heterocycles. The SMILES string of the molecule is COc1ccc(OC[C@@H]2c3cc(OC)c(OC)cc3CCN2C(=O)c2cc3ccccc3oc2=O)cc1. The van der Waals surface area contributed by atoms with E-state index in [0.29, 0.717) is 46.9 Å².